The Labute approximate surface area is 94.2 Å². The van der Waals surface area contributed by atoms with Crippen molar-refractivity contribution in [1.29, 1.82) is 0 Å². The smallest absolute Gasteiger partial charge is 0.140 e. The molecule has 77 valence electrons. The maximum Gasteiger partial charge on any atom is 0.140 e. The number of hydrogen-bond acceptors (Lipinski definition) is 1. The summed E-state index contributed by atoms with van der Waals surface area (Å²) in [5.74, 6) is 0. The van der Waals surface area contributed by atoms with Crippen LogP contribution in [0.2, 0.25) is 0 Å². The maximum absolute atomic E-state index is 4.63. The topological polar surface area (TPSA) is 17.3 Å². The summed E-state index contributed by atoms with van der Waals surface area (Å²) in [6.07, 6.45) is 4.07. The number of nitrogens with zero attached hydrogens (tertiary/aromatic N) is 2. The molecule has 1 radical (unpaired) electrons. The molecule has 3 rings (SSSR count). The summed E-state index contributed by atoms with van der Waals surface area (Å²) in [6, 6.07) is 15.0. The number of aromatic nitrogens is 2. The van der Waals surface area contributed by atoms with Gasteiger partial charge in [0.1, 0.15) is 5.65 Å². The van der Waals surface area contributed by atoms with Crippen molar-refractivity contribution in [2.45, 2.75) is 6.92 Å². The van der Waals surface area contributed by atoms with Crippen molar-refractivity contribution in [2.24, 2.45) is 0 Å². The standard InChI is InChI=1S/C14H11N2/c1-11-6-5-9-16-10-13(15-14(11)16)12-7-3-2-4-8-12/h3-10H,1H3. The van der Waals surface area contributed by atoms with E-state index in [1.54, 1.807) is 0 Å². The number of aryl methyl sites for hydroxylation is 1. The monoisotopic (exact) mass is 207 g/mol. The summed E-state index contributed by atoms with van der Waals surface area (Å²) < 4.78 is 2.06. The van der Waals surface area contributed by atoms with E-state index in [1.165, 1.54) is 5.56 Å². The zero-order valence-electron chi connectivity index (χ0n) is 9.01. The molecule has 0 spiro atoms. The summed E-state index contributed by atoms with van der Waals surface area (Å²) in [7, 11) is 0. The van der Waals surface area contributed by atoms with Crippen LogP contribution in [0.25, 0.3) is 16.9 Å². The van der Waals surface area contributed by atoms with Crippen LogP contribution in [0.3, 0.4) is 0 Å². The first kappa shape index (κ1) is 9.16. The fourth-order valence-corrected chi connectivity index (χ4v) is 1.85. The number of pyridine rings is 1. The first-order chi connectivity index (χ1) is 7.84. The van der Waals surface area contributed by atoms with Gasteiger partial charge in [-0.3, -0.25) is 0 Å². The molecule has 0 saturated carbocycles. The Morgan fingerprint density at radius 2 is 2.00 bits per heavy atom. The third-order valence-corrected chi connectivity index (χ3v) is 2.69. The van der Waals surface area contributed by atoms with Crippen molar-refractivity contribution in [2.75, 3.05) is 0 Å². The van der Waals surface area contributed by atoms with Crippen molar-refractivity contribution >= 4 is 5.65 Å². The average molecular weight is 207 g/mol. The van der Waals surface area contributed by atoms with Gasteiger partial charge >= 0.3 is 0 Å². The van der Waals surface area contributed by atoms with E-state index in [-0.39, 0.29) is 0 Å². The molecule has 0 N–H and O–H groups in total. The van der Waals surface area contributed by atoms with Gasteiger partial charge in [-0.05, 0) is 24.6 Å². The highest BCUT2D eigenvalue weighted by atomic mass is 15.0. The number of rotatable bonds is 1. The molecule has 3 aromatic rings. The van der Waals surface area contributed by atoms with Gasteiger partial charge in [0.15, 0.2) is 0 Å². The molecule has 0 aliphatic heterocycles. The fraction of sp³-hybridized carbons (Fsp3) is 0.0714. The molecule has 0 amide bonds. The second-order valence-electron chi connectivity index (χ2n) is 3.84. The number of hydrogen-bond donors (Lipinski definition) is 0. The fourth-order valence-electron chi connectivity index (χ4n) is 1.85. The highest BCUT2D eigenvalue weighted by Gasteiger charge is 2.04. The molecule has 2 nitrogen and oxygen atoms in total. The molecule has 0 bridgehead atoms. The minimum Gasteiger partial charge on any atom is -0.306 e. The number of benzene rings is 1. The van der Waals surface area contributed by atoms with Gasteiger partial charge < -0.3 is 4.40 Å². The van der Waals surface area contributed by atoms with Crippen LogP contribution in [0, 0.1) is 13.0 Å². The lowest BCUT2D eigenvalue weighted by molar-refractivity contribution is 1.16. The van der Waals surface area contributed by atoms with Gasteiger partial charge in [0.05, 0.1) is 5.69 Å². The second kappa shape index (κ2) is 3.49. The molecular formula is C14H11N2. The van der Waals surface area contributed by atoms with E-state index < -0.39 is 0 Å². The summed E-state index contributed by atoms with van der Waals surface area (Å²) >= 11 is 0. The van der Waals surface area contributed by atoms with Crippen LogP contribution in [0.5, 0.6) is 0 Å². The van der Waals surface area contributed by atoms with Crippen LogP contribution in [-0.2, 0) is 0 Å². The van der Waals surface area contributed by atoms with E-state index in [0.717, 1.165) is 16.9 Å². The predicted octanol–water partition coefficient (Wildman–Crippen LogP) is 3.11. The Morgan fingerprint density at radius 1 is 1.19 bits per heavy atom. The molecule has 2 heterocycles. The van der Waals surface area contributed by atoms with Crippen LogP contribution in [0.1, 0.15) is 5.56 Å². The number of fused-ring (bicyclic) bond motifs is 1. The Kier molecular flexibility index (Phi) is 2.00. The lowest BCUT2D eigenvalue weighted by Gasteiger charge is -1.94. The highest BCUT2D eigenvalue weighted by Crippen LogP contribution is 2.19. The quantitative estimate of drug-likeness (QED) is 0.599. The van der Waals surface area contributed by atoms with Gasteiger partial charge in [-0.15, -0.1) is 0 Å². The van der Waals surface area contributed by atoms with Gasteiger partial charge in [0, 0.05) is 18.0 Å². The molecule has 16 heavy (non-hydrogen) atoms. The zero-order chi connectivity index (χ0) is 11.0. The SMILES string of the molecule is Cc1cccn2cc(-c3cc[c]cc3)nc12. The van der Waals surface area contributed by atoms with Crippen LogP contribution in [0.15, 0.2) is 48.8 Å². The van der Waals surface area contributed by atoms with Gasteiger partial charge in [-0.2, -0.15) is 0 Å². The van der Waals surface area contributed by atoms with E-state index in [2.05, 4.69) is 34.6 Å². The van der Waals surface area contributed by atoms with Crippen molar-refractivity contribution < 1.29 is 0 Å². The summed E-state index contributed by atoms with van der Waals surface area (Å²) in [5, 5.41) is 0. The lowest BCUT2D eigenvalue weighted by Crippen LogP contribution is -1.83. The molecule has 0 aliphatic rings. The van der Waals surface area contributed by atoms with Crippen molar-refractivity contribution in [1.82, 2.24) is 9.38 Å². The van der Waals surface area contributed by atoms with E-state index >= 15 is 0 Å². The molecule has 0 unspecified atom stereocenters. The van der Waals surface area contributed by atoms with Crippen LogP contribution < -0.4 is 0 Å². The van der Waals surface area contributed by atoms with E-state index in [0.29, 0.717) is 0 Å². The molecule has 2 aromatic heterocycles. The second-order valence-corrected chi connectivity index (χ2v) is 3.84. The first-order valence-corrected chi connectivity index (χ1v) is 5.25. The number of imidazole rings is 1. The molecule has 0 atom stereocenters. The van der Waals surface area contributed by atoms with Gasteiger partial charge in [0.25, 0.3) is 0 Å². The Hall–Kier alpha value is -2.09. The van der Waals surface area contributed by atoms with Crippen LogP contribution in [0.4, 0.5) is 0 Å². The predicted molar refractivity (Wildman–Crippen MR) is 64.2 cm³/mol. The maximum atomic E-state index is 4.63. The summed E-state index contributed by atoms with van der Waals surface area (Å²) in [4.78, 5) is 4.63. The molecule has 2 heteroatoms. The van der Waals surface area contributed by atoms with Gasteiger partial charge in [0.2, 0.25) is 0 Å². The minimum absolute atomic E-state index is 1.00. The highest BCUT2D eigenvalue weighted by molar-refractivity contribution is 5.63. The lowest BCUT2D eigenvalue weighted by atomic mass is 10.2. The summed E-state index contributed by atoms with van der Waals surface area (Å²) in [6.45, 7) is 2.07. The van der Waals surface area contributed by atoms with Crippen LogP contribution in [-0.4, -0.2) is 9.38 Å². The van der Waals surface area contributed by atoms with E-state index in [4.69, 9.17) is 0 Å². The van der Waals surface area contributed by atoms with Crippen molar-refractivity contribution in [3.05, 3.63) is 60.4 Å². The Balaban J connectivity index is 2.23. The average Bonchev–Trinajstić information content (AvgIpc) is 2.76. The van der Waals surface area contributed by atoms with Gasteiger partial charge in [-0.1, -0.05) is 30.3 Å². The molecule has 1 aromatic carbocycles. The molecule has 0 saturated heterocycles. The van der Waals surface area contributed by atoms with Crippen LogP contribution >= 0.6 is 0 Å². The third-order valence-electron chi connectivity index (χ3n) is 2.69. The van der Waals surface area contributed by atoms with E-state index in [1.807, 2.05) is 36.5 Å². The van der Waals surface area contributed by atoms with E-state index in [9.17, 15) is 0 Å². The Bertz CT molecular complexity index is 624. The summed E-state index contributed by atoms with van der Waals surface area (Å²) in [5.41, 5.74) is 4.34. The van der Waals surface area contributed by atoms with Crippen molar-refractivity contribution in [3.8, 4) is 11.3 Å². The molecular weight excluding hydrogens is 196 g/mol. The Morgan fingerprint density at radius 3 is 2.75 bits per heavy atom. The first-order valence-electron chi connectivity index (χ1n) is 5.25. The van der Waals surface area contributed by atoms with Crippen molar-refractivity contribution in [3.63, 3.8) is 0 Å². The third kappa shape index (κ3) is 1.39. The minimum atomic E-state index is 1.00. The molecule has 0 fully saturated rings. The normalized spacial score (nSPS) is 10.8. The zero-order valence-corrected chi connectivity index (χ0v) is 9.01. The van der Waals surface area contributed by atoms with Gasteiger partial charge in [-0.25, -0.2) is 4.98 Å². The largest absolute Gasteiger partial charge is 0.306 e. The molecule has 0 aliphatic carbocycles.